The summed E-state index contributed by atoms with van der Waals surface area (Å²) in [5, 5.41) is 0. The van der Waals surface area contributed by atoms with Crippen LogP contribution in [0.4, 0.5) is 5.69 Å². The van der Waals surface area contributed by atoms with Gasteiger partial charge in [0.15, 0.2) is 0 Å². The molecule has 0 aliphatic carbocycles. The SMILES string of the molecule is Cc1cc(N)cc(C)c1S(=O)(=O)NCCCN(C)C. The van der Waals surface area contributed by atoms with Gasteiger partial charge in [0, 0.05) is 12.2 Å². The molecule has 0 unspecified atom stereocenters. The van der Waals surface area contributed by atoms with E-state index in [4.69, 9.17) is 5.73 Å². The van der Waals surface area contributed by atoms with Crippen molar-refractivity contribution < 1.29 is 8.42 Å². The predicted octanol–water partition coefficient (Wildman–Crippen LogP) is 1.12. The summed E-state index contributed by atoms with van der Waals surface area (Å²) in [6, 6.07) is 3.36. The van der Waals surface area contributed by atoms with Crippen LogP contribution in [0.15, 0.2) is 17.0 Å². The number of nitrogen functional groups attached to an aromatic ring is 1. The number of nitrogens with zero attached hydrogens (tertiary/aromatic N) is 1. The second-order valence-electron chi connectivity index (χ2n) is 5.04. The van der Waals surface area contributed by atoms with Crippen LogP contribution in [0.5, 0.6) is 0 Å². The molecule has 5 nitrogen and oxygen atoms in total. The number of sulfonamides is 1. The van der Waals surface area contributed by atoms with Crippen LogP contribution in [0.3, 0.4) is 0 Å². The van der Waals surface area contributed by atoms with Gasteiger partial charge in [0.25, 0.3) is 0 Å². The molecule has 1 aromatic rings. The summed E-state index contributed by atoms with van der Waals surface area (Å²) in [6.45, 7) is 4.81. The summed E-state index contributed by atoms with van der Waals surface area (Å²) in [4.78, 5) is 2.36. The van der Waals surface area contributed by atoms with Gasteiger partial charge < -0.3 is 10.6 Å². The van der Waals surface area contributed by atoms with E-state index in [2.05, 4.69) is 4.72 Å². The van der Waals surface area contributed by atoms with Gasteiger partial charge in [0.1, 0.15) is 0 Å². The lowest BCUT2D eigenvalue weighted by molar-refractivity contribution is 0.400. The van der Waals surface area contributed by atoms with E-state index < -0.39 is 10.0 Å². The molecule has 6 heteroatoms. The highest BCUT2D eigenvalue weighted by atomic mass is 32.2. The molecule has 0 aliphatic heterocycles. The first kappa shape index (κ1) is 15.9. The molecule has 0 atom stereocenters. The van der Waals surface area contributed by atoms with Crippen LogP contribution in [0.1, 0.15) is 17.5 Å². The third-order valence-corrected chi connectivity index (χ3v) is 4.59. The smallest absolute Gasteiger partial charge is 0.241 e. The Morgan fingerprint density at radius 2 is 1.74 bits per heavy atom. The Hall–Kier alpha value is -1.11. The number of nitrogens with two attached hydrogens (primary N) is 1. The van der Waals surface area contributed by atoms with Crippen molar-refractivity contribution in [1.29, 1.82) is 0 Å². The van der Waals surface area contributed by atoms with Crippen LogP contribution < -0.4 is 10.5 Å². The quantitative estimate of drug-likeness (QED) is 0.606. The van der Waals surface area contributed by atoms with Crippen LogP contribution in [-0.2, 0) is 10.0 Å². The van der Waals surface area contributed by atoms with Crippen molar-refractivity contribution in [3.8, 4) is 0 Å². The van der Waals surface area contributed by atoms with Crippen LogP contribution >= 0.6 is 0 Å². The first-order valence-electron chi connectivity index (χ1n) is 6.25. The van der Waals surface area contributed by atoms with Gasteiger partial charge in [-0.15, -0.1) is 0 Å². The topological polar surface area (TPSA) is 75.4 Å². The van der Waals surface area contributed by atoms with Crippen molar-refractivity contribution in [2.45, 2.75) is 25.2 Å². The Labute approximate surface area is 115 Å². The van der Waals surface area contributed by atoms with Gasteiger partial charge in [-0.1, -0.05) is 0 Å². The van der Waals surface area contributed by atoms with Crippen LogP contribution in [0.2, 0.25) is 0 Å². The first-order valence-corrected chi connectivity index (χ1v) is 7.73. The molecule has 0 saturated heterocycles. The van der Waals surface area contributed by atoms with E-state index in [9.17, 15) is 8.42 Å². The molecule has 0 radical (unpaired) electrons. The van der Waals surface area contributed by atoms with Gasteiger partial charge in [-0.05, 0) is 64.2 Å². The van der Waals surface area contributed by atoms with E-state index >= 15 is 0 Å². The lowest BCUT2D eigenvalue weighted by Crippen LogP contribution is -2.28. The average molecular weight is 285 g/mol. The standard InChI is InChI=1S/C13H23N3O2S/c1-10-8-12(14)9-11(2)13(10)19(17,18)15-6-5-7-16(3)4/h8-9,15H,5-7,14H2,1-4H3. The number of aryl methyl sites for hydroxylation is 2. The molecule has 0 fully saturated rings. The Kier molecular flexibility index (Phi) is 5.34. The molecule has 0 spiro atoms. The lowest BCUT2D eigenvalue weighted by atomic mass is 10.1. The van der Waals surface area contributed by atoms with Crippen molar-refractivity contribution in [2.24, 2.45) is 0 Å². The minimum atomic E-state index is -3.46. The number of nitrogens with one attached hydrogen (secondary N) is 1. The maximum absolute atomic E-state index is 12.3. The van der Waals surface area contributed by atoms with Crippen LogP contribution in [-0.4, -0.2) is 40.5 Å². The summed E-state index contributed by atoms with van der Waals surface area (Å²) < 4.78 is 27.2. The molecular formula is C13H23N3O2S. The Morgan fingerprint density at radius 1 is 1.21 bits per heavy atom. The summed E-state index contributed by atoms with van der Waals surface area (Å²) in [6.07, 6.45) is 0.777. The average Bonchev–Trinajstić information content (AvgIpc) is 2.22. The summed E-state index contributed by atoms with van der Waals surface area (Å²) >= 11 is 0. The molecule has 19 heavy (non-hydrogen) atoms. The van der Waals surface area contributed by atoms with Crippen molar-refractivity contribution in [2.75, 3.05) is 32.9 Å². The zero-order chi connectivity index (χ0) is 14.6. The van der Waals surface area contributed by atoms with Gasteiger partial charge in [-0.25, -0.2) is 13.1 Å². The molecule has 0 bridgehead atoms. The minimum absolute atomic E-state index is 0.339. The highest BCUT2D eigenvalue weighted by molar-refractivity contribution is 7.89. The fourth-order valence-electron chi connectivity index (χ4n) is 2.08. The molecule has 3 N–H and O–H groups in total. The lowest BCUT2D eigenvalue weighted by Gasteiger charge is -2.14. The highest BCUT2D eigenvalue weighted by Gasteiger charge is 2.19. The van der Waals surface area contributed by atoms with E-state index in [1.165, 1.54) is 0 Å². The largest absolute Gasteiger partial charge is 0.399 e. The van der Waals surface area contributed by atoms with Gasteiger partial charge >= 0.3 is 0 Å². The fraction of sp³-hybridized carbons (Fsp3) is 0.538. The fourth-order valence-corrected chi connectivity index (χ4v) is 3.60. The Balaban J connectivity index is 2.84. The third-order valence-electron chi connectivity index (χ3n) is 2.83. The number of anilines is 1. The highest BCUT2D eigenvalue weighted by Crippen LogP contribution is 2.22. The van der Waals surface area contributed by atoms with E-state index in [-0.39, 0.29) is 0 Å². The zero-order valence-corrected chi connectivity index (χ0v) is 12.8. The summed E-state index contributed by atoms with van der Waals surface area (Å²) in [5.74, 6) is 0. The molecule has 0 heterocycles. The number of hydrogen-bond acceptors (Lipinski definition) is 4. The summed E-state index contributed by atoms with van der Waals surface area (Å²) in [7, 11) is 0.462. The number of rotatable bonds is 6. The number of benzene rings is 1. The molecular weight excluding hydrogens is 262 g/mol. The van der Waals surface area contributed by atoms with E-state index in [1.54, 1.807) is 26.0 Å². The van der Waals surface area contributed by atoms with Gasteiger partial charge in [0.05, 0.1) is 4.90 Å². The van der Waals surface area contributed by atoms with Crippen molar-refractivity contribution in [3.63, 3.8) is 0 Å². The normalized spacial score (nSPS) is 12.1. The molecule has 0 amide bonds. The maximum Gasteiger partial charge on any atom is 0.241 e. The van der Waals surface area contributed by atoms with Crippen molar-refractivity contribution in [1.82, 2.24) is 9.62 Å². The Morgan fingerprint density at radius 3 is 2.21 bits per heavy atom. The van der Waals surface area contributed by atoms with Crippen molar-refractivity contribution >= 4 is 15.7 Å². The molecule has 0 aromatic heterocycles. The predicted molar refractivity (Wildman–Crippen MR) is 78.7 cm³/mol. The monoisotopic (exact) mass is 285 g/mol. The zero-order valence-electron chi connectivity index (χ0n) is 12.0. The van der Waals surface area contributed by atoms with E-state index in [0.717, 1.165) is 13.0 Å². The second-order valence-corrected chi connectivity index (χ2v) is 6.74. The van der Waals surface area contributed by atoms with Gasteiger partial charge in [-0.3, -0.25) is 0 Å². The molecule has 0 aliphatic rings. The third kappa shape index (κ3) is 4.49. The molecule has 108 valence electrons. The van der Waals surface area contributed by atoms with Gasteiger partial charge in [-0.2, -0.15) is 0 Å². The minimum Gasteiger partial charge on any atom is -0.399 e. The first-order chi connectivity index (χ1) is 8.74. The Bertz CT molecular complexity index is 516. The second kappa shape index (κ2) is 6.36. The van der Waals surface area contributed by atoms with Crippen molar-refractivity contribution in [3.05, 3.63) is 23.3 Å². The maximum atomic E-state index is 12.3. The van der Waals surface area contributed by atoms with Crippen LogP contribution in [0, 0.1) is 13.8 Å². The van der Waals surface area contributed by atoms with E-state index in [0.29, 0.717) is 28.3 Å². The van der Waals surface area contributed by atoms with Crippen LogP contribution in [0.25, 0.3) is 0 Å². The molecule has 1 aromatic carbocycles. The van der Waals surface area contributed by atoms with E-state index in [1.807, 2.05) is 19.0 Å². The van der Waals surface area contributed by atoms with Gasteiger partial charge in [0.2, 0.25) is 10.0 Å². The molecule has 1 rings (SSSR count). The number of hydrogen-bond donors (Lipinski definition) is 2. The molecule has 0 saturated carbocycles. The summed E-state index contributed by atoms with van der Waals surface area (Å²) in [5.41, 5.74) is 7.65.